The summed E-state index contributed by atoms with van der Waals surface area (Å²) in [5.41, 5.74) is 2.95. The van der Waals surface area contributed by atoms with Crippen LogP contribution in [0.2, 0.25) is 0 Å². The van der Waals surface area contributed by atoms with Crippen LogP contribution in [0.15, 0.2) is 48.5 Å². The molecule has 3 rings (SSSR count). The number of rotatable bonds is 8. The van der Waals surface area contributed by atoms with Gasteiger partial charge in [0.25, 0.3) is 5.91 Å². The number of carbonyl (C=O) groups is 1. The summed E-state index contributed by atoms with van der Waals surface area (Å²) in [6, 6.07) is 12.9. The molecule has 0 fully saturated rings. The van der Waals surface area contributed by atoms with Crippen LogP contribution < -0.4 is 5.32 Å². The number of thiazole rings is 1. The number of nitrogens with zero attached hydrogens (tertiary/aromatic N) is 1. The zero-order valence-corrected chi connectivity index (χ0v) is 17.4. The summed E-state index contributed by atoms with van der Waals surface area (Å²) < 4.78 is 54.0. The van der Waals surface area contributed by atoms with Gasteiger partial charge in [0.05, 0.1) is 17.3 Å². The number of nitrogens with one attached hydrogen (secondary N) is 1. The number of hydrogen-bond donors (Lipinski definition) is 1. The van der Waals surface area contributed by atoms with Gasteiger partial charge < -0.3 is 10.1 Å². The quantitative estimate of drug-likeness (QED) is 0.479. The molecule has 2 aromatic carbocycles. The predicted octanol–water partition coefficient (Wildman–Crippen LogP) is 5.19. The molecule has 0 spiro atoms. The third kappa shape index (κ3) is 7.15. The number of halogens is 4. The zero-order valence-electron chi connectivity index (χ0n) is 16.6. The molecular weight excluding hydrogens is 432 g/mol. The predicted molar refractivity (Wildman–Crippen MR) is 109 cm³/mol. The Balaban J connectivity index is 1.52. The molecule has 0 aliphatic carbocycles. The molecule has 0 saturated carbocycles. The van der Waals surface area contributed by atoms with Crippen LogP contribution in [-0.2, 0) is 24.3 Å². The lowest BCUT2D eigenvalue weighted by Crippen LogP contribution is -2.22. The third-order valence-corrected chi connectivity index (χ3v) is 5.48. The number of aromatic nitrogens is 1. The van der Waals surface area contributed by atoms with Crippen LogP contribution in [0.25, 0.3) is 0 Å². The molecule has 1 heterocycles. The monoisotopic (exact) mass is 452 g/mol. The largest absolute Gasteiger partial charge is 0.411 e. The number of benzene rings is 2. The number of alkyl halides is 3. The van der Waals surface area contributed by atoms with Crippen molar-refractivity contribution in [3.05, 3.63) is 86.6 Å². The van der Waals surface area contributed by atoms with Gasteiger partial charge in [-0.1, -0.05) is 36.4 Å². The van der Waals surface area contributed by atoms with E-state index in [2.05, 4.69) is 15.0 Å². The fraction of sp³-hybridized carbons (Fsp3) is 0.273. The highest BCUT2D eigenvalue weighted by Crippen LogP contribution is 2.21. The molecule has 31 heavy (non-hydrogen) atoms. The van der Waals surface area contributed by atoms with E-state index in [1.165, 1.54) is 23.5 Å². The number of hydrogen-bond acceptors (Lipinski definition) is 4. The van der Waals surface area contributed by atoms with Gasteiger partial charge in [0.1, 0.15) is 17.3 Å². The average molecular weight is 452 g/mol. The Bertz CT molecular complexity index is 1020. The van der Waals surface area contributed by atoms with Crippen molar-refractivity contribution in [3.63, 3.8) is 0 Å². The van der Waals surface area contributed by atoms with Gasteiger partial charge in [0.15, 0.2) is 0 Å². The average Bonchev–Trinajstić information content (AvgIpc) is 3.08. The van der Waals surface area contributed by atoms with Crippen LogP contribution in [0.4, 0.5) is 17.6 Å². The van der Waals surface area contributed by atoms with Crippen molar-refractivity contribution < 1.29 is 27.1 Å². The second-order valence-corrected chi connectivity index (χ2v) is 8.02. The molecule has 1 N–H and O–H groups in total. The second-order valence-electron chi connectivity index (χ2n) is 6.93. The van der Waals surface area contributed by atoms with Gasteiger partial charge in [0.2, 0.25) is 0 Å². The molecule has 0 bridgehead atoms. The second kappa shape index (κ2) is 10.0. The standard InChI is InChI=1S/C22H20F4N2O2S/c1-14-20(31-19(28-14)10-15-6-8-18(23)9-7-15)21(29)27-11-16-2-4-17(5-3-16)12-30-13-22(24,25)26/h2-9H,10-13H2,1H3,(H,27,29). The summed E-state index contributed by atoms with van der Waals surface area (Å²) in [6.45, 7) is 0.605. The van der Waals surface area contributed by atoms with Crippen molar-refractivity contribution in [3.8, 4) is 0 Å². The summed E-state index contributed by atoms with van der Waals surface area (Å²) in [6.07, 6.45) is -3.84. The number of ether oxygens (including phenoxy) is 1. The molecule has 1 amide bonds. The summed E-state index contributed by atoms with van der Waals surface area (Å²) >= 11 is 1.29. The van der Waals surface area contributed by atoms with E-state index in [4.69, 9.17) is 0 Å². The van der Waals surface area contributed by atoms with E-state index in [1.54, 1.807) is 43.3 Å². The topological polar surface area (TPSA) is 51.2 Å². The van der Waals surface area contributed by atoms with Crippen LogP contribution in [0.3, 0.4) is 0 Å². The molecule has 0 aliphatic rings. The Morgan fingerprint density at radius 1 is 1.03 bits per heavy atom. The number of carbonyl (C=O) groups excluding carboxylic acids is 1. The van der Waals surface area contributed by atoms with Gasteiger partial charge >= 0.3 is 6.18 Å². The highest BCUT2D eigenvalue weighted by molar-refractivity contribution is 7.13. The Labute approximate surface area is 180 Å². The summed E-state index contributed by atoms with van der Waals surface area (Å²) in [7, 11) is 0. The lowest BCUT2D eigenvalue weighted by molar-refractivity contribution is -0.176. The van der Waals surface area contributed by atoms with Gasteiger partial charge in [-0.2, -0.15) is 13.2 Å². The Hall–Kier alpha value is -2.78. The first-order valence-corrected chi connectivity index (χ1v) is 10.2. The highest BCUT2D eigenvalue weighted by atomic mass is 32.1. The first kappa shape index (κ1) is 22.9. The zero-order chi connectivity index (χ0) is 22.4. The lowest BCUT2D eigenvalue weighted by Gasteiger charge is -2.08. The molecule has 0 unspecified atom stereocenters. The van der Waals surface area contributed by atoms with E-state index in [-0.39, 0.29) is 24.9 Å². The molecule has 9 heteroatoms. The van der Waals surface area contributed by atoms with E-state index >= 15 is 0 Å². The first-order valence-electron chi connectivity index (χ1n) is 9.41. The highest BCUT2D eigenvalue weighted by Gasteiger charge is 2.27. The fourth-order valence-electron chi connectivity index (χ4n) is 2.82. The van der Waals surface area contributed by atoms with Gasteiger partial charge in [-0.15, -0.1) is 11.3 Å². The van der Waals surface area contributed by atoms with Crippen molar-refractivity contribution >= 4 is 17.2 Å². The van der Waals surface area contributed by atoms with Crippen molar-refractivity contribution in [1.29, 1.82) is 0 Å². The maximum absolute atomic E-state index is 13.0. The van der Waals surface area contributed by atoms with Crippen LogP contribution >= 0.6 is 11.3 Å². The smallest absolute Gasteiger partial charge is 0.367 e. The van der Waals surface area contributed by atoms with Crippen LogP contribution in [-0.4, -0.2) is 23.7 Å². The Kier molecular flexibility index (Phi) is 7.40. The van der Waals surface area contributed by atoms with Crippen LogP contribution in [0, 0.1) is 12.7 Å². The molecule has 164 valence electrons. The van der Waals surface area contributed by atoms with Gasteiger partial charge in [-0.25, -0.2) is 9.37 Å². The minimum atomic E-state index is -4.35. The number of amides is 1. The summed E-state index contributed by atoms with van der Waals surface area (Å²) in [5.74, 6) is -0.557. The van der Waals surface area contributed by atoms with Crippen molar-refractivity contribution in [1.82, 2.24) is 10.3 Å². The molecule has 4 nitrogen and oxygen atoms in total. The number of aryl methyl sites for hydroxylation is 1. The van der Waals surface area contributed by atoms with E-state index in [9.17, 15) is 22.4 Å². The van der Waals surface area contributed by atoms with Gasteiger partial charge in [-0.3, -0.25) is 4.79 Å². The van der Waals surface area contributed by atoms with Gasteiger partial charge in [0, 0.05) is 13.0 Å². The van der Waals surface area contributed by atoms with Crippen LogP contribution in [0.5, 0.6) is 0 Å². The van der Waals surface area contributed by atoms with Crippen molar-refractivity contribution in [2.45, 2.75) is 32.7 Å². The van der Waals surface area contributed by atoms with Crippen molar-refractivity contribution in [2.24, 2.45) is 0 Å². The molecule has 0 atom stereocenters. The Morgan fingerprint density at radius 2 is 1.65 bits per heavy atom. The minimum Gasteiger partial charge on any atom is -0.367 e. The molecule has 1 aromatic heterocycles. The van der Waals surface area contributed by atoms with Crippen LogP contribution in [0.1, 0.15) is 37.1 Å². The maximum Gasteiger partial charge on any atom is 0.411 e. The molecule has 0 radical (unpaired) electrons. The third-order valence-electron chi connectivity index (χ3n) is 4.33. The summed E-state index contributed by atoms with van der Waals surface area (Å²) in [5, 5.41) is 3.59. The SMILES string of the molecule is Cc1nc(Cc2ccc(F)cc2)sc1C(=O)NCc1ccc(COCC(F)(F)F)cc1. The maximum atomic E-state index is 13.0. The molecule has 0 saturated heterocycles. The normalized spacial score (nSPS) is 11.5. The molecule has 0 aliphatic heterocycles. The minimum absolute atomic E-state index is 0.136. The van der Waals surface area contributed by atoms with E-state index in [0.717, 1.165) is 16.1 Å². The van der Waals surface area contributed by atoms with E-state index in [0.29, 0.717) is 22.6 Å². The molecule has 3 aromatic rings. The lowest BCUT2D eigenvalue weighted by atomic mass is 10.1. The Morgan fingerprint density at radius 3 is 2.29 bits per heavy atom. The summed E-state index contributed by atoms with van der Waals surface area (Å²) in [4.78, 5) is 17.5. The van der Waals surface area contributed by atoms with E-state index < -0.39 is 12.8 Å². The van der Waals surface area contributed by atoms with E-state index in [1.807, 2.05) is 0 Å². The fourth-order valence-corrected chi connectivity index (χ4v) is 3.83. The first-order chi connectivity index (χ1) is 14.7. The van der Waals surface area contributed by atoms with Crippen molar-refractivity contribution in [2.75, 3.05) is 6.61 Å². The van der Waals surface area contributed by atoms with Gasteiger partial charge in [-0.05, 0) is 35.7 Å². The molecular formula is C22H20F4N2O2S.